The average Bonchev–Trinajstić information content (AvgIpc) is 2.87. The van der Waals surface area contributed by atoms with Crippen LogP contribution in [0.15, 0.2) is 48.5 Å². The topological polar surface area (TPSA) is 54.6 Å². The fourth-order valence-corrected chi connectivity index (χ4v) is 2.72. The van der Waals surface area contributed by atoms with Crippen molar-refractivity contribution in [2.45, 2.75) is 26.5 Å². The first-order valence-electron chi connectivity index (χ1n) is 7.30. The Morgan fingerprint density at radius 2 is 1.77 bits per heavy atom. The second-order valence-electron chi connectivity index (χ2n) is 5.60. The van der Waals surface area contributed by atoms with Crippen molar-refractivity contribution in [2.75, 3.05) is 0 Å². The highest BCUT2D eigenvalue weighted by molar-refractivity contribution is 5.86. The number of nitrogens with zero attached hydrogens (tertiary/aromatic N) is 1. The van der Waals surface area contributed by atoms with E-state index in [4.69, 9.17) is 4.74 Å². The lowest BCUT2D eigenvalue weighted by atomic mass is 10.2. The first-order valence-corrected chi connectivity index (χ1v) is 7.30. The van der Waals surface area contributed by atoms with Gasteiger partial charge in [-0.2, -0.15) is 0 Å². The summed E-state index contributed by atoms with van der Waals surface area (Å²) in [5.41, 5.74) is 1.83. The van der Waals surface area contributed by atoms with Crippen molar-refractivity contribution in [3.05, 3.63) is 54.2 Å². The van der Waals surface area contributed by atoms with Gasteiger partial charge in [0.1, 0.15) is 23.9 Å². The summed E-state index contributed by atoms with van der Waals surface area (Å²) in [5.74, 6) is 1.19. The molecule has 0 saturated carbocycles. The van der Waals surface area contributed by atoms with Crippen molar-refractivity contribution in [1.82, 2.24) is 4.57 Å². The molecule has 1 heterocycles. The molecule has 1 aromatic heterocycles. The first kappa shape index (κ1) is 14.3. The summed E-state index contributed by atoms with van der Waals surface area (Å²) in [6, 6.07) is 14.4. The van der Waals surface area contributed by atoms with E-state index in [1.165, 1.54) is 0 Å². The zero-order valence-electron chi connectivity index (χ0n) is 12.7. The number of aromatic nitrogens is 1. The first-order chi connectivity index (χ1) is 10.6. The van der Waals surface area contributed by atoms with Crippen LogP contribution in [0.3, 0.4) is 0 Å². The van der Waals surface area contributed by atoms with E-state index in [2.05, 4.69) is 18.4 Å². The monoisotopic (exact) mass is 297 g/mol. The molecule has 0 radical (unpaired) electrons. The Morgan fingerprint density at radius 3 is 2.45 bits per heavy atom. The molecule has 0 amide bonds. The van der Waals surface area contributed by atoms with Gasteiger partial charge in [0.15, 0.2) is 0 Å². The van der Waals surface area contributed by atoms with Gasteiger partial charge >= 0.3 is 0 Å². The van der Waals surface area contributed by atoms with Crippen LogP contribution in [0.25, 0.3) is 10.9 Å². The molecule has 4 nitrogen and oxygen atoms in total. The SMILES string of the molecule is CC(C)n1c(COc2ccc(O)cc2)cc2cccc(O)c21. The Kier molecular flexibility index (Phi) is 3.67. The molecular weight excluding hydrogens is 278 g/mol. The van der Waals surface area contributed by atoms with E-state index in [0.29, 0.717) is 12.4 Å². The maximum Gasteiger partial charge on any atom is 0.139 e. The smallest absolute Gasteiger partial charge is 0.139 e. The number of rotatable bonds is 4. The van der Waals surface area contributed by atoms with Crippen molar-refractivity contribution < 1.29 is 14.9 Å². The summed E-state index contributed by atoms with van der Waals surface area (Å²) in [6.45, 7) is 4.56. The molecule has 0 unspecified atom stereocenters. The van der Waals surface area contributed by atoms with E-state index < -0.39 is 0 Å². The van der Waals surface area contributed by atoms with Crippen LogP contribution in [0, 0.1) is 0 Å². The van der Waals surface area contributed by atoms with Gasteiger partial charge < -0.3 is 19.5 Å². The molecular formula is C18H19NO3. The zero-order chi connectivity index (χ0) is 15.7. The maximum absolute atomic E-state index is 10.1. The number of fused-ring (bicyclic) bond motifs is 1. The number of para-hydroxylation sites is 1. The Balaban J connectivity index is 1.94. The number of phenolic OH excluding ortho intramolecular Hbond substituents is 2. The molecule has 0 aliphatic heterocycles. The fourth-order valence-electron chi connectivity index (χ4n) is 2.72. The van der Waals surface area contributed by atoms with Crippen LogP contribution >= 0.6 is 0 Å². The lowest BCUT2D eigenvalue weighted by molar-refractivity contribution is 0.292. The third-order valence-electron chi connectivity index (χ3n) is 3.66. The van der Waals surface area contributed by atoms with Crippen LogP contribution in [0.5, 0.6) is 17.2 Å². The predicted molar refractivity (Wildman–Crippen MR) is 86.4 cm³/mol. The third-order valence-corrected chi connectivity index (χ3v) is 3.66. The molecule has 0 aliphatic carbocycles. The minimum Gasteiger partial charge on any atom is -0.508 e. The van der Waals surface area contributed by atoms with Crippen LogP contribution in [-0.2, 0) is 6.61 Å². The van der Waals surface area contributed by atoms with E-state index in [0.717, 1.165) is 16.6 Å². The summed E-state index contributed by atoms with van der Waals surface area (Å²) in [7, 11) is 0. The van der Waals surface area contributed by atoms with Gasteiger partial charge in [0, 0.05) is 11.4 Å². The molecule has 0 saturated heterocycles. The standard InChI is InChI=1S/C18H19NO3/c1-12(2)19-14(10-13-4-3-5-17(21)18(13)19)11-22-16-8-6-15(20)7-9-16/h3-10,12,20-21H,11H2,1-2H3. The van der Waals surface area contributed by atoms with Crippen LogP contribution in [0.1, 0.15) is 25.6 Å². The fraction of sp³-hybridized carbons (Fsp3) is 0.222. The zero-order valence-corrected chi connectivity index (χ0v) is 12.7. The summed E-state index contributed by atoms with van der Waals surface area (Å²) in [5, 5.41) is 20.4. The van der Waals surface area contributed by atoms with E-state index in [-0.39, 0.29) is 17.5 Å². The largest absolute Gasteiger partial charge is 0.508 e. The van der Waals surface area contributed by atoms with Crippen LogP contribution in [0.4, 0.5) is 0 Å². The lowest BCUT2D eigenvalue weighted by Gasteiger charge is -2.16. The molecule has 2 aromatic carbocycles. The second-order valence-corrected chi connectivity index (χ2v) is 5.60. The molecule has 0 bridgehead atoms. The van der Waals surface area contributed by atoms with Gasteiger partial charge in [0.25, 0.3) is 0 Å². The number of ether oxygens (including phenoxy) is 1. The highest BCUT2D eigenvalue weighted by atomic mass is 16.5. The number of hydrogen-bond donors (Lipinski definition) is 2. The van der Waals surface area contributed by atoms with E-state index in [1.807, 2.05) is 18.2 Å². The van der Waals surface area contributed by atoms with Gasteiger partial charge in [0.05, 0.1) is 11.2 Å². The minimum atomic E-state index is 0.212. The molecule has 3 aromatic rings. The summed E-state index contributed by atoms with van der Waals surface area (Å²) in [6.07, 6.45) is 0. The highest BCUT2D eigenvalue weighted by Gasteiger charge is 2.14. The van der Waals surface area contributed by atoms with Crippen LogP contribution in [0.2, 0.25) is 0 Å². The quantitative estimate of drug-likeness (QED) is 0.758. The Morgan fingerprint density at radius 1 is 1.05 bits per heavy atom. The van der Waals surface area contributed by atoms with Crippen molar-refractivity contribution in [3.63, 3.8) is 0 Å². The summed E-state index contributed by atoms with van der Waals surface area (Å²) >= 11 is 0. The summed E-state index contributed by atoms with van der Waals surface area (Å²) < 4.78 is 7.88. The Labute approximate surface area is 129 Å². The molecule has 2 N–H and O–H groups in total. The van der Waals surface area contributed by atoms with Gasteiger partial charge in [-0.25, -0.2) is 0 Å². The van der Waals surface area contributed by atoms with Gasteiger partial charge in [-0.3, -0.25) is 0 Å². The molecule has 3 rings (SSSR count). The van der Waals surface area contributed by atoms with Crippen molar-refractivity contribution in [3.8, 4) is 17.2 Å². The molecule has 114 valence electrons. The molecule has 0 aliphatic rings. The van der Waals surface area contributed by atoms with Crippen molar-refractivity contribution in [2.24, 2.45) is 0 Å². The highest BCUT2D eigenvalue weighted by Crippen LogP contribution is 2.31. The van der Waals surface area contributed by atoms with E-state index >= 15 is 0 Å². The van der Waals surface area contributed by atoms with Crippen molar-refractivity contribution >= 4 is 10.9 Å². The van der Waals surface area contributed by atoms with Crippen LogP contribution < -0.4 is 4.74 Å². The van der Waals surface area contributed by atoms with E-state index in [9.17, 15) is 10.2 Å². The number of hydrogen-bond acceptors (Lipinski definition) is 3. The predicted octanol–water partition coefficient (Wildman–Crippen LogP) is 4.21. The van der Waals surface area contributed by atoms with Crippen molar-refractivity contribution in [1.29, 1.82) is 0 Å². The number of benzene rings is 2. The molecule has 0 atom stereocenters. The Bertz CT molecular complexity index is 788. The Hall–Kier alpha value is -2.62. The summed E-state index contributed by atoms with van der Waals surface area (Å²) in [4.78, 5) is 0. The van der Waals surface area contributed by atoms with Gasteiger partial charge in [-0.15, -0.1) is 0 Å². The number of aromatic hydroxyl groups is 2. The van der Waals surface area contributed by atoms with Gasteiger partial charge in [-0.1, -0.05) is 12.1 Å². The third kappa shape index (κ3) is 2.60. The second kappa shape index (κ2) is 5.64. The van der Waals surface area contributed by atoms with Gasteiger partial charge in [0.2, 0.25) is 0 Å². The maximum atomic E-state index is 10.1. The average molecular weight is 297 g/mol. The van der Waals surface area contributed by atoms with E-state index in [1.54, 1.807) is 30.3 Å². The lowest BCUT2D eigenvalue weighted by Crippen LogP contribution is -2.08. The number of phenols is 2. The van der Waals surface area contributed by atoms with Crippen LogP contribution in [-0.4, -0.2) is 14.8 Å². The molecule has 22 heavy (non-hydrogen) atoms. The molecule has 4 heteroatoms. The molecule has 0 spiro atoms. The minimum absolute atomic E-state index is 0.212. The molecule has 0 fully saturated rings. The van der Waals surface area contributed by atoms with Gasteiger partial charge in [-0.05, 0) is 50.2 Å². The normalized spacial score (nSPS) is 11.2.